The fourth-order valence-electron chi connectivity index (χ4n) is 3.48. The Bertz CT molecular complexity index is 1210. The Hall–Kier alpha value is -3.79. The zero-order valence-corrected chi connectivity index (χ0v) is 19.7. The molecule has 0 spiro atoms. The monoisotopic (exact) mass is 467 g/mol. The average molecular weight is 468 g/mol. The maximum Gasteiger partial charge on any atom is 0.267 e. The highest BCUT2D eigenvalue weighted by atomic mass is 16.5. The van der Waals surface area contributed by atoms with E-state index in [0.29, 0.717) is 11.6 Å². The highest BCUT2D eigenvalue weighted by Crippen LogP contribution is 2.20. The Labute approximate surface area is 197 Å². The van der Waals surface area contributed by atoms with Crippen LogP contribution < -0.4 is 16.2 Å². The fourth-order valence-corrected chi connectivity index (χ4v) is 3.48. The van der Waals surface area contributed by atoms with E-state index in [9.17, 15) is 19.5 Å². The maximum absolute atomic E-state index is 13.0. The normalized spacial score (nSPS) is 11.9. The third kappa shape index (κ3) is 5.96. The molecule has 10 heteroatoms. The van der Waals surface area contributed by atoms with Gasteiger partial charge in [0.15, 0.2) is 0 Å². The van der Waals surface area contributed by atoms with Gasteiger partial charge in [0.25, 0.3) is 11.5 Å². The number of hydrogen-bond acceptors (Lipinski definition) is 7. The summed E-state index contributed by atoms with van der Waals surface area (Å²) in [6.45, 7) is 6.87. The molecule has 0 fully saturated rings. The predicted molar refractivity (Wildman–Crippen MR) is 124 cm³/mol. The molecule has 0 aliphatic rings. The first-order valence-corrected chi connectivity index (χ1v) is 11.0. The number of benzene rings is 1. The molecule has 3 N–H and O–H groups in total. The number of amides is 2. The van der Waals surface area contributed by atoms with Crippen molar-refractivity contribution in [1.29, 1.82) is 0 Å². The summed E-state index contributed by atoms with van der Waals surface area (Å²) in [7, 11) is 0. The molecular formula is C24H29N5O5. The molecule has 0 aliphatic carbocycles. The van der Waals surface area contributed by atoms with Gasteiger partial charge >= 0.3 is 0 Å². The summed E-state index contributed by atoms with van der Waals surface area (Å²) >= 11 is 0. The number of nitrogens with one attached hydrogen (secondary N) is 2. The highest BCUT2D eigenvalue weighted by Gasteiger charge is 2.24. The summed E-state index contributed by atoms with van der Waals surface area (Å²) in [5.74, 6) is -0.278. The molecule has 2 aromatic heterocycles. The lowest BCUT2D eigenvalue weighted by molar-refractivity contribution is -0.122. The number of carbonyl (C=O) groups excluding carboxylic acids is 2. The van der Waals surface area contributed by atoms with Crippen LogP contribution in [-0.2, 0) is 17.9 Å². The summed E-state index contributed by atoms with van der Waals surface area (Å²) in [5, 5.41) is 22.9. The van der Waals surface area contributed by atoms with Crippen LogP contribution in [0.5, 0.6) is 0 Å². The van der Waals surface area contributed by atoms with Crippen molar-refractivity contribution in [2.75, 3.05) is 6.54 Å². The number of aliphatic hydroxyl groups is 1. The number of aryl methyl sites for hydroxylation is 2. The second-order valence-electron chi connectivity index (χ2n) is 8.34. The molecule has 180 valence electrons. The maximum atomic E-state index is 13.0. The predicted octanol–water partition coefficient (Wildman–Crippen LogP) is 1.75. The number of aliphatic hydroxyl groups excluding tert-OH is 1. The molecule has 0 saturated carbocycles. The molecule has 1 unspecified atom stereocenters. The van der Waals surface area contributed by atoms with Crippen molar-refractivity contribution in [3.05, 3.63) is 80.6 Å². The van der Waals surface area contributed by atoms with Gasteiger partial charge in [-0.3, -0.25) is 14.4 Å². The van der Waals surface area contributed by atoms with Crippen molar-refractivity contribution in [1.82, 2.24) is 25.6 Å². The van der Waals surface area contributed by atoms with Crippen LogP contribution in [0.15, 0.2) is 45.7 Å². The third-order valence-corrected chi connectivity index (χ3v) is 5.42. The van der Waals surface area contributed by atoms with Gasteiger partial charge < -0.3 is 20.3 Å². The summed E-state index contributed by atoms with van der Waals surface area (Å²) in [4.78, 5) is 37.5. The molecular weight excluding hydrogens is 438 g/mol. The van der Waals surface area contributed by atoms with Crippen molar-refractivity contribution in [2.24, 2.45) is 0 Å². The summed E-state index contributed by atoms with van der Waals surface area (Å²) in [6.07, 6.45) is 0. The molecule has 2 amide bonds. The van der Waals surface area contributed by atoms with E-state index in [1.165, 1.54) is 6.07 Å². The molecule has 1 aromatic carbocycles. The Morgan fingerprint density at radius 3 is 2.41 bits per heavy atom. The minimum atomic E-state index is -0.583. The molecule has 0 radical (unpaired) electrons. The number of rotatable bonds is 9. The van der Waals surface area contributed by atoms with Crippen LogP contribution in [-0.4, -0.2) is 38.4 Å². The smallest absolute Gasteiger partial charge is 0.267 e. The summed E-state index contributed by atoms with van der Waals surface area (Å²) in [6, 6.07) is 10.1. The fraction of sp³-hybridized carbons (Fsp3) is 0.375. The third-order valence-electron chi connectivity index (χ3n) is 5.42. The zero-order chi connectivity index (χ0) is 24.8. The van der Waals surface area contributed by atoms with Gasteiger partial charge in [0.1, 0.15) is 23.6 Å². The van der Waals surface area contributed by atoms with E-state index in [0.717, 1.165) is 15.8 Å². The summed E-state index contributed by atoms with van der Waals surface area (Å²) < 4.78 is 6.13. The van der Waals surface area contributed by atoms with Crippen molar-refractivity contribution >= 4 is 11.8 Å². The van der Waals surface area contributed by atoms with Crippen LogP contribution >= 0.6 is 0 Å². The van der Waals surface area contributed by atoms with Crippen molar-refractivity contribution in [3.63, 3.8) is 0 Å². The Morgan fingerprint density at radius 2 is 1.76 bits per heavy atom. The van der Waals surface area contributed by atoms with Crippen LogP contribution in [0.1, 0.15) is 64.4 Å². The van der Waals surface area contributed by atoms with Crippen LogP contribution in [0.4, 0.5) is 0 Å². The minimum absolute atomic E-state index is 0.0744. The van der Waals surface area contributed by atoms with Crippen molar-refractivity contribution < 1.29 is 19.2 Å². The van der Waals surface area contributed by atoms with E-state index in [2.05, 4.69) is 34.7 Å². The summed E-state index contributed by atoms with van der Waals surface area (Å²) in [5.41, 5.74) is 2.45. The van der Waals surface area contributed by atoms with E-state index in [4.69, 9.17) is 4.52 Å². The number of aromatic nitrogens is 3. The van der Waals surface area contributed by atoms with Gasteiger partial charge in [-0.2, -0.15) is 5.10 Å². The van der Waals surface area contributed by atoms with Crippen molar-refractivity contribution in [2.45, 2.75) is 52.8 Å². The minimum Gasteiger partial charge on any atom is -0.390 e. The van der Waals surface area contributed by atoms with E-state index >= 15 is 0 Å². The van der Waals surface area contributed by atoms with Crippen LogP contribution in [0, 0.1) is 13.8 Å². The molecule has 3 aromatic rings. The van der Waals surface area contributed by atoms with E-state index in [1.807, 2.05) is 24.3 Å². The topological polar surface area (TPSA) is 139 Å². The lowest BCUT2D eigenvalue weighted by atomic mass is 9.98. The first-order chi connectivity index (χ1) is 16.2. The second-order valence-corrected chi connectivity index (χ2v) is 8.34. The van der Waals surface area contributed by atoms with Gasteiger partial charge in [-0.15, -0.1) is 0 Å². The van der Waals surface area contributed by atoms with Gasteiger partial charge in [0.2, 0.25) is 5.91 Å². The van der Waals surface area contributed by atoms with Gasteiger partial charge in [0, 0.05) is 12.6 Å². The molecule has 10 nitrogen and oxygen atoms in total. The van der Waals surface area contributed by atoms with Crippen LogP contribution in [0.25, 0.3) is 0 Å². The molecule has 3 rings (SSSR count). The lowest BCUT2D eigenvalue weighted by Crippen LogP contribution is -2.40. The number of hydrogen-bond donors (Lipinski definition) is 3. The largest absolute Gasteiger partial charge is 0.390 e. The van der Waals surface area contributed by atoms with Crippen LogP contribution in [0.3, 0.4) is 0 Å². The lowest BCUT2D eigenvalue weighted by Gasteiger charge is -2.21. The van der Waals surface area contributed by atoms with Crippen LogP contribution in [0.2, 0.25) is 0 Å². The zero-order valence-electron chi connectivity index (χ0n) is 19.7. The van der Waals surface area contributed by atoms with Gasteiger partial charge in [0.05, 0.1) is 18.3 Å². The Morgan fingerprint density at radius 1 is 1.09 bits per heavy atom. The SMILES string of the molecule is Cc1ccc(=O)n(CC(=O)NCC(NC(=O)c2c(CO)noc2C)c2ccc(C(C)C)cc2)n1. The van der Waals surface area contributed by atoms with Gasteiger partial charge in [-0.05, 0) is 37.0 Å². The van der Waals surface area contributed by atoms with Crippen molar-refractivity contribution in [3.8, 4) is 0 Å². The number of carbonyl (C=O) groups is 2. The molecule has 2 heterocycles. The molecule has 1 atom stereocenters. The first-order valence-electron chi connectivity index (χ1n) is 11.0. The van der Waals surface area contributed by atoms with E-state index in [-0.39, 0.29) is 35.7 Å². The molecule has 0 saturated heterocycles. The molecule has 0 bridgehead atoms. The number of nitrogens with zero attached hydrogens (tertiary/aromatic N) is 3. The quantitative estimate of drug-likeness (QED) is 0.436. The first kappa shape index (κ1) is 24.8. The molecule has 0 aliphatic heterocycles. The Kier molecular flexibility index (Phi) is 7.95. The standard InChI is InChI=1S/C24H29N5O5/c1-14(2)17-6-8-18(9-7-17)19(26-24(33)23-16(4)34-28-20(23)13-30)11-25-21(31)12-29-22(32)10-5-15(3)27-29/h5-10,14,19,30H,11-13H2,1-4H3,(H,25,31)(H,26,33). The van der Waals surface area contributed by atoms with E-state index in [1.54, 1.807) is 19.9 Å². The average Bonchev–Trinajstić information content (AvgIpc) is 3.19. The van der Waals surface area contributed by atoms with Gasteiger partial charge in [-0.25, -0.2) is 4.68 Å². The highest BCUT2D eigenvalue weighted by molar-refractivity contribution is 5.96. The van der Waals surface area contributed by atoms with Gasteiger partial charge in [-0.1, -0.05) is 43.3 Å². The Balaban J connectivity index is 1.79. The molecule has 34 heavy (non-hydrogen) atoms. The van der Waals surface area contributed by atoms with E-state index < -0.39 is 24.5 Å². The second kappa shape index (κ2) is 10.9.